The minimum Gasteiger partial charge on any atom is -0.318 e. The number of hydrogen-bond acceptors (Lipinski definition) is 2. The van der Waals surface area contributed by atoms with Crippen LogP contribution in [0.1, 0.15) is 17.0 Å². The summed E-state index contributed by atoms with van der Waals surface area (Å²) in [7, 11) is 0. The molecule has 0 saturated carbocycles. The van der Waals surface area contributed by atoms with Crippen molar-refractivity contribution in [2.45, 2.75) is 13.8 Å². The van der Waals surface area contributed by atoms with Crippen molar-refractivity contribution in [2.75, 3.05) is 5.43 Å². The van der Waals surface area contributed by atoms with Gasteiger partial charge in [-0.3, -0.25) is 5.43 Å². The maximum atomic E-state index is 6.11. The number of nitrogens with zero attached hydrogens (tertiary/aromatic N) is 2. The van der Waals surface area contributed by atoms with E-state index in [1.807, 2.05) is 48.5 Å². The molecule has 3 aromatic rings. The van der Waals surface area contributed by atoms with E-state index < -0.39 is 0 Å². The molecule has 2 aromatic carbocycles. The maximum Gasteiger partial charge on any atom is 0.0748 e. The van der Waals surface area contributed by atoms with Gasteiger partial charge < -0.3 is 4.57 Å². The molecular weight excluding hydrogens is 341 g/mol. The van der Waals surface area contributed by atoms with Gasteiger partial charge in [-0.1, -0.05) is 35.3 Å². The highest BCUT2D eigenvalue weighted by molar-refractivity contribution is 6.33. The summed E-state index contributed by atoms with van der Waals surface area (Å²) >= 11 is 12.1. The molecule has 1 aromatic heterocycles. The van der Waals surface area contributed by atoms with E-state index in [-0.39, 0.29) is 0 Å². The van der Waals surface area contributed by atoms with Gasteiger partial charge in [0, 0.05) is 27.7 Å². The summed E-state index contributed by atoms with van der Waals surface area (Å²) in [5, 5.41) is 5.67. The second kappa shape index (κ2) is 7.12. The van der Waals surface area contributed by atoms with E-state index in [9.17, 15) is 0 Å². The van der Waals surface area contributed by atoms with Crippen LogP contribution in [0.4, 0.5) is 5.69 Å². The fraction of sp³-hybridized carbons (Fsp3) is 0.105. The first-order valence-electron chi connectivity index (χ1n) is 7.55. The Hall–Kier alpha value is -2.23. The molecule has 0 spiro atoms. The number of aryl methyl sites for hydroxylation is 1. The smallest absolute Gasteiger partial charge is 0.0748 e. The number of rotatable bonds is 4. The minimum atomic E-state index is 0.640. The van der Waals surface area contributed by atoms with Crippen LogP contribution in [0.5, 0.6) is 0 Å². The molecule has 0 fully saturated rings. The Morgan fingerprint density at radius 3 is 2.42 bits per heavy atom. The number of benzene rings is 2. The van der Waals surface area contributed by atoms with E-state index in [0.717, 1.165) is 33.3 Å². The molecule has 122 valence electrons. The Balaban J connectivity index is 1.85. The molecule has 5 heteroatoms. The average Bonchev–Trinajstić information content (AvgIpc) is 2.84. The van der Waals surface area contributed by atoms with Gasteiger partial charge in [0.25, 0.3) is 0 Å². The van der Waals surface area contributed by atoms with Crippen molar-refractivity contribution in [3.63, 3.8) is 0 Å². The lowest BCUT2D eigenvalue weighted by atomic mass is 10.2. The van der Waals surface area contributed by atoms with Gasteiger partial charge >= 0.3 is 0 Å². The van der Waals surface area contributed by atoms with Crippen molar-refractivity contribution < 1.29 is 0 Å². The zero-order chi connectivity index (χ0) is 17.1. The van der Waals surface area contributed by atoms with Gasteiger partial charge in [0.05, 0.1) is 16.9 Å². The standard InChI is InChI=1S/C19H17Cl2N3/c1-13-11-15(12-22-23-19-6-4-3-5-18(19)21)14(2)24(13)17-9-7-16(20)8-10-17/h3-12,23H,1-2H3/b22-12-. The van der Waals surface area contributed by atoms with Gasteiger partial charge in [0.2, 0.25) is 0 Å². The molecule has 1 heterocycles. The van der Waals surface area contributed by atoms with E-state index in [0.29, 0.717) is 5.02 Å². The summed E-state index contributed by atoms with van der Waals surface area (Å²) in [4.78, 5) is 0. The lowest BCUT2D eigenvalue weighted by Gasteiger charge is -2.09. The molecule has 24 heavy (non-hydrogen) atoms. The van der Waals surface area contributed by atoms with Gasteiger partial charge in [-0.15, -0.1) is 0 Å². The highest BCUT2D eigenvalue weighted by Crippen LogP contribution is 2.22. The van der Waals surface area contributed by atoms with Gasteiger partial charge in [-0.2, -0.15) is 5.10 Å². The Morgan fingerprint density at radius 1 is 1.00 bits per heavy atom. The molecule has 0 saturated heterocycles. The predicted molar refractivity (Wildman–Crippen MR) is 103 cm³/mol. The topological polar surface area (TPSA) is 29.3 Å². The first-order valence-corrected chi connectivity index (χ1v) is 8.30. The Bertz CT molecular complexity index is 880. The van der Waals surface area contributed by atoms with Gasteiger partial charge in [-0.05, 0) is 56.3 Å². The van der Waals surface area contributed by atoms with E-state index in [1.54, 1.807) is 6.21 Å². The molecular formula is C19H17Cl2N3. The maximum absolute atomic E-state index is 6.11. The second-order valence-corrected chi connectivity index (χ2v) is 6.33. The Labute approximate surface area is 151 Å². The third-order valence-electron chi connectivity index (χ3n) is 3.82. The summed E-state index contributed by atoms with van der Waals surface area (Å²) in [5.41, 5.74) is 8.12. The molecule has 1 N–H and O–H groups in total. The fourth-order valence-electron chi connectivity index (χ4n) is 2.63. The van der Waals surface area contributed by atoms with Crippen LogP contribution >= 0.6 is 23.2 Å². The van der Waals surface area contributed by atoms with Gasteiger partial charge in [-0.25, -0.2) is 0 Å². The fourth-order valence-corrected chi connectivity index (χ4v) is 2.93. The van der Waals surface area contributed by atoms with E-state index in [2.05, 4.69) is 35.0 Å². The summed E-state index contributed by atoms with van der Waals surface area (Å²) in [6.07, 6.45) is 1.80. The monoisotopic (exact) mass is 357 g/mol. The first-order chi connectivity index (χ1) is 11.6. The normalized spacial score (nSPS) is 11.2. The molecule has 3 nitrogen and oxygen atoms in total. The summed E-state index contributed by atoms with van der Waals surface area (Å²) in [6, 6.07) is 17.4. The Kier molecular flexibility index (Phi) is 4.93. The number of halogens is 2. The highest BCUT2D eigenvalue weighted by atomic mass is 35.5. The lowest BCUT2D eigenvalue weighted by Crippen LogP contribution is -1.99. The minimum absolute atomic E-state index is 0.640. The van der Waals surface area contributed by atoms with Crippen LogP contribution in [-0.4, -0.2) is 10.8 Å². The number of anilines is 1. The molecule has 0 bridgehead atoms. The molecule has 3 rings (SSSR count). The van der Waals surface area contributed by atoms with Crippen LogP contribution in [0, 0.1) is 13.8 Å². The van der Waals surface area contributed by atoms with E-state index >= 15 is 0 Å². The summed E-state index contributed by atoms with van der Waals surface area (Å²) < 4.78 is 2.17. The van der Waals surface area contributed by atoms with Crippen LogP contribution in [-0.2, 0) is 0 Å². The highest BCUT2D eigenvalue weighted by Gasteiger charge is 2.09. The number of para-hydroxylation sites is 1. The third kappa shape index (κ3) is 3.48. The van der Waals surface area contributed by atoms with Crippen LogP contribution in [0.25, 0.3) is 5.69 Å². The second-order valence-electron chi connectivity index (χ2n) is 5.49. The van der Waals surface area contributed by atoms with Crippen molar-refractivity contribution in [3.05, 3.63) is 81.6 Å². The van der Waals surface area contributed by atoms with Crippen molar-refractivity contribution >= 4 is 35.1 Å². The van der Waals surface area contributed by atoms with Gasteiger partial charge in [0.15, 0.2) is 0 Å². The van der Waals surface area contributed by atoms with Gasteiger partial charge in [0.1, 0.15) is 0 Å². The quantitative estimate of drug-likeness (QED) is 0.460. The largest absolute Gasteiger partial charge is 0.318 e. The van der Waals surface area contributed by atoms with Crippen LogP contribution in [0.3, 0.4) is 0 Å². The molecule has 0 aliphatic rings. The zero-order valence-corrected chi connectivity index (χ0v) is 14.9. The van der Waals surface area contributed by atoms with Crippen LogP contribution in [0.15, 0.2) is 59.7 Å². The summed E-state index contributed by atoms with van der Waals surface area (Å²) in [6.45, 7) is 4.14. The molecule has 0 aliphatic heterocycles. The Morgan fingerprint density at radius 2 is 1.71 bits per heavy atom. The van der Waals surface area contributed by atoms with Crippen LogP contribution in [0.2, 0.25) is 10.0 Å². The molecule has 0 unspecified atom stereocenters. The van der Waals surface area contributed by atoms with Crippen molar-refractivity contribution in [1.29, 1.82) is 0 Å². The van der Waals surface area contributed by atoms with Crippen molar-refractivity contribution in [2.24, 2.45) is 5.10 Å². The number of hydrogen-bond donors (Lipinski definition) is 1. The molecule has 0 radical (unpaired) electrons. The summed E-state index contributed by atoms with van der Waals surface area (Å²) in [5.74, 6) is 0. The third-order valence-corrected chi connectivity index (χ3v) is 4.40. The van der Waals surface area contributed by atoms with E-state index in [1.165, 1.54) is 0 Å². The average molecular weight is 358 g/mol. The van der Waals surface area contributed by atoms with Crippen molar-refractivity contribution in [3.8, 4) is 5.69 Å². The van der Waals surface area contributed by atoms with Crippen LogP contribution < -0.4 is 5.43 Å². The van der Waals surface area contributed by atoms with Crippen molar-refractivity contribution in [1.82, 2.24) is 4.57 Å². The first kappa shape index (κ1) is 16.6. The number of aromatic nitrogens is 1. The molecule has 0 atom stereocenters. The number of nitrogens with one attached hydrogen (secondary N) is 1. The SMILES string of the molecule is Cc1cc(/C=N\Nc2ccccc2Cl)c(C)n1-c1ccc(Cl)cc1. The molecule has 0 aliphatic carbocycles. The van der Waals surface area contributed by atoms with E-state index in [4.69, 9.17) is 23.2 Å². The number of hydrazone groups is 1. The zero-order valence-electron chi connectivity index (χ0n) is 13.4. The molecule has 0 amide bonds. The lowest BCUT2D eigenvalue weighted by molar-refractivity contribution is 0.965. The predicted octanol–water partition coefficient (Wildman–Crippen LogP) is 5.85.